The summed E-state index contributed by atoms with van der Waals surface area (Å²) in [5.41, 5.74) is -0.276. The van der Waals surface area contributed by atoms with Gasteiger partial charge in [0.15, 0.2) is 0 Å². The summed E-state index contributed by atoms with van der Waals surface area (Å²) in [6.45, 7) is 1.47. The van der Waals surface area contributed by atoms with Crippen molar-refractivity contribution < 1.29 is 38.5 Å². The third-order valence-electron chi connectivity index (χ3n) is 9.06. The molecule has 2 aromatic carbocycles. The van der Waals surface area contributed by atoms with E-state index in [1.807, 2.05) is 18.2 Å². The van der Waals surface area contributed by atoms with E-state index in [9.17, 15) is 24.3 Å². The normalized spacial score (nSPS) is 31.4. The zero-order chi connectivity index (χ0) is 31.7. The van der Waals surface area contributed by atoms with Crippen LogP contribution in [-0.2, 0) is 28.7 Å². The highest BCUT2D eigenvalue weighted by Crippen LogP contribution is 2.57. The van der Waals surface area contributed by atoms with Crippen LogP contribution in [0, 0.1) is 11.8 Å². The Bertz CT molecular complexity index is 1510. The molecule has 0 aromatic heterocycles. The van der Waals surface area contributed by atoms with Gasteiger partial charge in [0, 0.05) is 18.7 Å². The second-order valence-electron chi connectivity index (χ2n) is 11.8. The van der Waals surface area contributed by atoms with Crippen LogP contribution in [0.3, 0.4) is 0 Å². The van der Waals surface area contributed by atoms with Crippen LogP contribution in [0.15, 0.2) is 78.9 Å². The van der Waals surface area contributed by atoms with Crippen LogP contribution < -0.4 is 15.0 Å². The van der Waals surface area contributed by atoms with E-state index in [2.05, 4.69) is 5.32 Å². The molecule has 3 amide bonds. The van der Waals surface area contributed by atoms with Gasteiger partial charge >= 0.3 is 5.97 Å². The molecule has 0 saturated carbocycles. The summed E-state index contributed by atoms with van der Waals surface area (Å²) in [6.07, 6.45) is 6.31. The van der Waals surface area contributed by atoms with Gasteiger partial charge in [0.25, 0.3) is 5.91 Å². The summed E-state index contributed by atoms with van der Waals surface area (Å²) in [5.74, 6) is -3.21. The lowest BCUT2D eigenvalue weighted by Gasteiger charge is -2.39. The zero-order valence-corrected chi connectivity index (χ0v) is 25.2. The summed E-state index contributed by atoms with van der Waals surface area (Å²) in [5, 5.41) is 13.5. The number of aliphatic hydroxyl groups is 1. The Morgan fingerprint density at radius 3 is 2.51 bits per heavy atom. The van der Waals surface area contributed by atoms with Gasteiger partial charge in [-0.15, -0.1) is 0 Å². The minimum absolute atomic E-state index is 0.116. The predicted molar refractivity (Wildman–Crippen MR) is 163 cm³/mol. The van der Waals surface area contributed by atoms with Crippen LogP contribution in [0.1, 0.15) is 31.4 Å². The SMILES string of the molecule is COc1ccc(N2C/C=C\CCC(=O)NC[C@@H](C)OC(=O)[C@@H]3[C@@H]4C=C[C@]5(O4)[C@H](C2=O)N([C@H](CO)c2ccccc2)C(=O)[C@@H]35)cc1. The first-order valence-corrected chi connectivity index (χ1v) is 15.2. The van der Waals surface area contributed by atoms with Crippen LogP contribution in [0.4, 0.5) is 5.69 Å². The highest BCUT2D eigenvalue weighted by Gasteiger charge is 2.74. The Balaban J connectivity index is 1.49. The number of cyclic esters (lactones) is 1. The third-order valence-corrected chi connectivity index (χ3v) is 9.06. The number of anilines is 1. The van der Waals surface area contributed by atoms with Crippen molar-refractivity contribution in [2.75, 3.05) is 31.7 Å². The fourth-order valence-electron chi connectivity index (χ4n) is 6.93. The maximum Gasteiger partial charge on any atom is 0.313 e. The number of likely N-dealkylation sites (tertiary alicyclic amines) is 1. The Morgan fingerprint density at radius 1 is 1.04 bits per heavy atom. The molecule has 2 N–H and O–H groups in total. The average molecular weight is 616 g/mol. The van der Waals surface area contributed by atoms with Crippen LogP contribution >= 0.6 is 0 Å². The number of hydrogen-bond donors (Lipinski definition) is 2. The van der Waals surface area contributed by atoms with E-state index in [0.29, 0.717) is 23.4 Å². The van der Waals surface area contributed by atoms with Crippen molar-refractivity contribution in [3.05, 3.63) is 84.5 Å². The monoisotopic (exact) mass is 615 g/mol. The van der Waals surface area contributed by atoms with Crippen LogP contribution in [0.2, 0.25) is 0 Å². The molecule has 0 aliphatic carbocycles. The summed E-state index contributed by atoms with van der Waals surface area (Å²) in [4.78, 5) is 58.6. The number of fused-ring (bicyclic) bond motifs is 2. The number of amides is 3. The second-order valence-corrected chi connectivity index (χ2v) is 11.8. The molecule has 5 bridgehead atoms. The molecule has 7 atom stereocenters. The van der Waals surface area contributed by atoms with E-state index in [-0.39, 0.29) is 25.4 Å². The number of methoxy groups -OCH3 is 1. The molecule has 4 aliphatic rings. The molecule has 4 aliphatic heterocycles. The molecule has 2 fully saturated rings. The Kier molecular flexibility index (Phi) is 8.48. The van der Waals surface area contributed by atoms with Gasteiger partial charge in [0.05, 0.1) is 38.3 Å². The molecule has 45 heavy (non-hydrogen) atoms. The first-order valence-electron chi connectivity index (χ1n) is 15.2. The van der Waals surface area contributed by atoms with E-state index in [1.54, 1.807) is 79.6 Å². The number of allylic oxidation sites excluding steroid dienone is 1. The number of ether oxygens (including phenoxy) is 3. The Morgan fingerprint density at radius 2 is 1.80 bits per heavy atom. The summed E-state index contributed by atoms with van der Waals surface area (Å²) in [6, 6.07) is 13.9. The maximum atomic E-state index is 15.0. The highest BCUT2D eigenvalue weighted by atomic mass is 16.6. The van der Waals surface area contributed by atoms with Gasteiger partial charge in [-0.1, -0.05) is 54.6 Å². The first-order chi connectivity index (χ1) is 21.8. The van der Waals surface area contributed by atoms with Crippen molar-refractivity contribution in [2.45, 2.75) is 49.7 Å². The minimum atomic E-state index is -1.47. The molecule has 6 rings (SSSR count). The Labute approximate surface area is 261 Å². The first kappa shape index (κ1) is 30.5. The van der Waals surface area contributed by atoms with Crippen molar-refractivity contribution in [1.82, 2.24) is 10.2 Å². The zero-order valence-electron chi connectivity index (χ0n) is 25.2. The maximum absolute atomic E-state index is 15.0. The molecule has 236 valence electrons. The number of carbonyl (C=O) groups is 4. The number of aliphatic hydroxyl groups excluding tert-OH is 1. The quantitative estimate of drug-likeness (QED) is 0.387. The van der Waals surface area contributed by atoms with Gasteiger partial charge in [0.1, 0.15) is 29.4 Å². The number of carbonyl (C=O) groups excluding carboxylic acids is 4. The smallest absolute Gasteiger partial charge is 0.313 e. The molecule has 4 heterocycles. The highest BCUT2D eigenvalue weighted by molar-refractivity contribution is 6.05. The van der Waals surface area contributed by atoms with Gasteiger partial charge in [0.2, 0.25) is 11.8 Å². The van der Waals surface area contributed by atoms with E-state index in [1.165, 1.54) is 4.90 Å². The van der Waals surface area contributed by atoms with Crippen molar-refractivity contribution in [3.63, 3.8) is 0 Å². The number of rotatable bonds is 5. The van der Waals surface area contributed by atoms with Crippen molar-refractivity contribution in [1.29, 1.82) is 0 Å². The number of nitrogens with zero attached hydrogens (tertiary/aromatic N) is 2. The van der Waals surface area contributed by atoms with Crippen LogP contribution in [0.5, 0.6) is 5.75 Å². The average Bonchev–Trinajstić information content (AvgIpc) is 3.70. The number of hydrogen-bond acceptors (Lipinski definition) is 8. The van der Waals surface area contributed by atoms with Gasteiger partial charge in [-0.2, -0.15) is 0 Å². The fraction of sp³-hybridized carbons (Fsp3) is 0.412. The molecule has 0 unspecified atom stereocenters. The van der Waals surface area contributed by atoms with Gasteiger partial charge in [-0.3, -0.25) is 19.2 Å². The van der Waals surface area contributed by atoms with E-state index < -0.39 is 66.1 Å². The van der Waals surface area contributed by atoms with Gasteiger partial charge < -0.3 is 34.4 Å². The van der Waals surface area contributed by atoms with Crippen molar-refractivity contribution in [2.24, 2.45) is 11.8 Å². The van der Waals surface area contributed by atoms with Crippen molar-refractivity contribution in [3.8, 4) is 5.75 Å². The molecule has 11 heteroatoms. The summed E-state index contributed by atoms with van der Waals surface area (Å²) in [7, 11) is 1.55. The molecular weight excluding hydrogens is 578 g/mol. The minimum Gasteiger partial charge on any atom is -0.497 e. The predicted octanol–water partition coefficient (Wildman–Crippen LogP) is 2.31. The Hall–Kier alpha value is -4.48. The van der Waals surface area contributed by atoms with Gasteiger partial charge in [-0.05, 0) is 43.2 Å². The standard InChI is InChI=1S/C34H37N3O8/c1-21-19-35-27(39)11-7-4-8-18-36(23-12-14-24(43-2)15-13-23)32(41)30-34-17-16-26(45-34)28(33(42)44-21)29(34)31(40)37(30)25(20-38)22-9-5-3-6-10-22/h3-6,8-10,12-17,21,25-26,28-30,38H,7,11,18-20H2,1-2H3,(H,35,39)/b8-4-/t21-,25-,26+,28-,29-,30+,34-/m1/s1. The van der Waals surface area contributed by atoms with E-state index in [4.69, 9.17) is 14.2 Å². The number of nitrogens with one attached hydrogen (secondary N) is 1. The lowest BCUT2D eigenvalue weighted by atomic mass is 9.74. The summed E-state index contributed by atoms with van der Waals surface area (Å²) >= 11 is 0. The van der Waals surface area contributed by atoms with E-state index >= 15 is 0 Å². The molecule has 0 radical (unpaired) electrons. The number of esters is 1. The van der Waals surface area contributed by atoms with Crippen molar-refractivity contribution >= 4 is 29.4 Å². The lowest BCUT2D eigenvalue weighted by molar-refractivity contribution is -0.159. The van der Waals surface area contributed by atoms with Crippen LogP contribution in [-0.4, -0.2) is 84.4 Å². The largest absolute Gasteiger partial charge is 0.497 e. The topological polar surface area (TPSA) is 135 Å². The molecule has 2 aromatic rings. The molecule has 11 nitrogen and oxygen atoms in total. The lowest BCUT2D eigenvalue weighted by Crippen LogP contribution is -2.57. The third kappa shape index (κ3) is 5.40. The van der Waals surface area contributed by atoms with Crippen LogP contribution in [0.25, 0.3) is 0 Å². The fourth-order valence-corrected chi connectivity index (χ4v) is 6.93. The second kappa shape index (κ2) is 12.5. The van der Waals surface area contributed by atoms with Gasteiger partial charge in [-0.25, -0.2) is 0 Å². The molecular formula is C34H37N3O8. The molecule has 1 spiro atoms. The van der Waals surface area contributed by atoms with E-state index in [0.717, 1.165) is 0 Å². The summed E-state index contributed by atoms with van der Waals surface area (Å²) < 4.78 is 17.6. The number of benzene rings is 2. The molecule has 2 saturated heterocycles.